The number of thioether (sulfide) groups is 1. The average molecular weight is 415 g/mol. The van der Waals surface area contributed by atoms with Gasteiger partial charge in [0.15, 0.2) is 5.78 Å². The standard InChI is InChI=1S/C22H26N2O2S2/c1-21(2,3)13-9-12(10-14(17(13)25)22(4,5)6)11-15-18(26)16(19(23)28-15)20-24-7-8-27-20/h7-11,16,23,25H,1-6H3/b15-11-,23-19?/t16-/m1/s1. The van der Waals surface area contributed by atoms with E-state index in [1.807, 2.05) is 23.6 Å². The highest BCUT2D eigenvalue weighted by atomic mass is 32.2. The smallest absolute Gasteiger partial charge is 0.186 e. The zero-order valence-electron chi connectivity index (χ0n) is 17.1. The molecule has 0 saturated carbocycles. The minimum Gasteiger partial charge on any atom is -0.507 e. The van der Waals surface area contributed by atoms with Gasteiger partial charge in [0.2, 0.25) is 0 Å². The summed E-state index contributed by atoms with van der Waals surface area (Å²) in [6.45, 7) is 12.4. The average Bonchev–Trinajstić information content (AvgIpc) is 3.15. The molecular formula is C22H26N2O2S2. The Hall–Kier alpha value is -1.92. The normalized spacial score (nSPS) is 19.6. The highest BCUT2D eigenvalue weighted by molar-refractivity contribution is 8.19. The first-order chi connectivity index (χ1) is 12.9. The molecule has 3 rings (SSSR count). The number of ketones is 1. The Kier molecular flexibility index (Phi) is 5.32. The lowest BCUT2D eigenvalue weighted by atomic mass is 9.78. The Morgan fingerprint density at radius 2 is 1.68 bits per heavy atom. The molecule has 0 unspecified atom stereocenters. The molecule has 28 heavy (non-hydrogen) atoms. The second-order valence-electron chi connectivity index (χ2n) is 9.11. The van der Waals surface area contributed by atoms with Crippen molar-refractivity contribution in [1.29, 1.82) is 5.41 Å². The molecule has 1 saturated heterocycles. The molecule has 1 fully saturated rings. The fraction of sp³-hybridized carbons (Fsp3) is 0.409. The molecule has 0 amide bonds. The van der Waals surface area contributed by atoms with Crippen LogP contribution >= 0.6 is 23.1 Å². The third kappa shape index (κ3) is 3.94. The van der Waals surface area contributed by atoms with Crippen LogP contribution in [0.1, 0.15) is 69.2 Å². The molecule has 0 spiro atoms. The number of phenols is 1. The SMILES string of the molecule is CC(C)(C)c1cc(/C=C2\SC(=N)[C@H](c3nccs3)C2=O)cc(C(C)(C)C)c1O. The number of hydrogen-bond acceptors (Lipinski definition) is 6. The molecule has 0 radical (unpaired) electrons. The second kappa shape index (κ2) is 7.16. The number of aromatic nitrogens is 1. The zero-order valence-corrected chi connectivity index (χ0v) is 18.7. The van der Waals surface area contributed by atoms with Crippen molar-refractivity contribution in [2.45, 2.75) is 58.3 Å². The molecule has 6 heteroatoms. The molecule has 148 valence electrons. The van der Waals surface area contributed by atoms with E-state index < -0.39 is 5.92 Å². The molecule has 4 nitrogen and oxygen atoms in total. The Morgan fingerprint density at radius 3 is 2.14 bits per heavy atom. The Labute approximate surface area is 174 Å². The molecule has 2 aromatic rings. The van der Waals surface area contributed by atoms with Crippen molar-refractivity contribution in [3.05, 3.63) is 50.3 Å². The van der Waals surface area contributed by atoms with Crippen molar-refractivity contribution in [3.63, 3.8) is 0 Å². The highest BCUT2D eigenvalue weighted by Crippen LogP contribution is 2.43. The predicted molar refractivity (Wildman–Crippen MR) is 119 cm³/mol. The lowest BCUT2D eigenvalue weighted by Gasteiger charge is -2.28. The van der Waals surface area contributed by atoms with E-state index in [0.29, 0.717) is 20.7 Å². The molecule has 2 N–H and O–H groups in total. The van der Waals surface area contributed by atoms with E-state index in [2.05, 4.69) is 46.5 Å². The molecule has 1 aromatic carbocycles. The summed E-state index contributed by atoms with van der Waals surface area (Å²) in [4.78, 5) is 17.7. The van der Waals surface area contributed by atoms with Gasteiger partial charge in [0.25, 0.3) is 0 Å². The quantitative estimate of drug-likeness (QED) is 0.604. The molecule has 0 bridgehead atoms. The van der Waals surface area contributed by atoms with Gasteiger partial charge in [-0.1, -0.05) is 53.3 Å². The number of Topliss-reactive ketones (excluding diaryl/α,β-unsaturated/α-hetero) is 1. The Morgan fingerprint density at radius 1 is 1.11 bits per heavy atom. The second-order valence-corrected chi connectivity index (χ2v) is 11.1. The third-order valence-corrected chi connectivity index (χ3v) is 6.57. The van der Waals surface area contributed by atoms with Gasteiger partial charge in [-0.15, -0.1) is 11.3 Å². The molecule has 2 heterocycles. The predicted octanol–water partition coefficient (Wildman–Crippen LogP) is 5.86. The minimum absolute atomic E-state index is 0.0763. The van der Waals surface area contributed by atoms with E-state index in [-0.39, 0.29) is 16.6 Å². The van der Waals surface area contributed by atoms with Crippen LogP contribution in [0.25, 0.3) is 6.08 Å². The van der Waals surface area contributed by atoms with E-state index in [9.17, 15) is 9.90 Å². The number of nitrogens with zero attached hydrogens (tertiary/aromatic N) is 1. The summed E-state index contributed by atoms with van der Waals surface area (Å²) in [7, 11) is 0. The maximum Gasteiger partial charge on any atom is 0.186 e. The van der Waals surface area contributed by atoms with Gasteiger partial charge in [-0.05, 0) is 34.6 Å². The van der Waals surface area contributed by atoms with E-state index in [0.717, 1.165) is 16.7 Å². The number of benzene rings is 1. The van der Waals surface area contributed by atoms with Gasteiger partial charge >= 0.3 is 0 Å². The van der Waals surface area contributed by atoms with Crippen LogP contribution in [0.2, 0.25) is 0 Å². The first-order valence-corrected chi connectivity index (χ1v) is 10.9. The summed E-state index contributed by atoms with van der Waals surface area (Å²) in [6, 6.07) is 3.90. The van der Waals surface area contributed by atoms with E-state index in [4.69, 9.17) is 5.41 Å². The van der Waals surface area contributed by atoms with E-state index >= 15 is 0 Å². The summed E-state index contributed by atoms with van der Waals surface area (Å²) < 4.78 is 0. The van der Waals surface area contributed by atoms with Crippen LogP contribution in [0, 0.1) is 5.41 Å². The van der Waals surface area contributed by atoms with Crippen LogP contribution in [0.3, 0.4) is 0 Å². The number of allylic oxidation sites excluding steroid dienone is 1. The van der Waals surface area contributed by atoms with Crippen molar-refractivity contribution in [3.8, 4) is 5.75 Å². The van der Waals surface area contributed by atoms with Gasteiger partial charge in [-0.2, -0.15) is 0 Å². The van der Waals surface area contributed by atoms with Crippen LogP contribution in [-0.4, -0.2) is 20.9 Å². The molecular weight excluding hydrogens is 388 g/mol. The van der Waals surface area contributed by atoms with Gasteiger partial charge in [-0.3, -0.25) is 10.2 Å². The highest BCUT2D eigenvalue weighted by Gasteiger charge is 2.38. The topological polar surface area (TPSA) is 74.0 Å². The number of carbonyl (C=O) groups is 1. The van der Waals surface area contributed by atoms with Crippen LogP contribution in [0.5, 0.6) is 5.75 Å². The summed E-state index contributed by atoms with van der Waals surface area (Å²) in [5.41, 5.74) is 2.11. The van der Waals surface area contributed by atoms with Gasteiger partial charge in [0, 0.05) is 22.7 Å². The monoisotopic (exact) mass is 414 g/mol. The van der Waals surface area contributed by atoms with Crippen molar-refractivity contribution < 1.29 is 9.90 Å². The van der Waals surface area contributed by atoms with Crippen LogP contribution in [0.4, 0.5) is 0 Å². The summed E-state index contributed by atoms with van der Waals surface area (Å²) in [5, 5.41) is 21.9. The van der Waals surface area contributed by atoms with Crippen molar-refractivity contribution >= 4 is 40.0 Å². The number of nitrogens with one attached hydrogen (secondary N) is 1. The zero-order chi connectivity index (χ0) is 20.9. The molecule has 1 aromatic heterocycles. The molecule has 1 aliphatic rings. The van der Waals surface area contributed by atoms with Crippen LogP contribution in [0.15, 0.2) is 28.6 Å². The number of thiazole rings is 1. The molecule has 1 atom stereocenters. The Bertz CT molecular complexity index is 926. The van der Waals surface area contributed by atoms with Gasteiger partial charge < -0.3 is 5.11 Å². The lowest BCUT2D eigenvalue weighted by molar-refractivity contribution is -0.114. The van der Waals surface area contributed by atoms with Gasteiger partial charge in [0.05, 0.1) is 9.95 Å². The summed E-state index contributed by atoms with van der Waals surface area (Å²) in [6.07, 6.45) is 3.51. The molecule has 1 aliphatic heterocycles. The minimum atomic E-state index is -0.586. The Balaban J connectivity index is 2.09. The molecule has 0 aliphatic carbocycles. The fourth-order valence-electron chi connectivity index (χ4n) is 3.23. The number of phenolic OH excluding ortho intramolecular Hbond substituents is 1. The fourth-order valence-corrected chi connectivity index (χ4v) is 5.03. The first-order valence-electron chi connectivity index (χ1n) is 9.19. The van der Waals surface area contributed by atoms with E-state index in [1.54, 1.807) is 6.20 Å². The lowest BCUT2D eigenvalue weighted by Crippen LogP contribution is -2.17. The number of aromatic hydroxyl groups is 1. The maximum atomic E-state index is 12.9. The summed E-state index contributed by atoms with van der Waals surface area (Å²) >= 11 is 2.61. The number of rotatable bonds is 2. The van der Waals surface area contributed by atoms with Crippen LogP contribution in [-0.2, 0) is 15.6 Å². The number of carbonyl (C=O) groups excluding carboxylic acids is 1. The van der Waals surface area contributed by atoms with Crippen LogP contribution < -0.4 is 0 Å². The third-order valence-electron chi connectivity index (χ3n) is 4.73. The summed E-state index contributed by atoms with van der Waals surface area (Å²) in [5.74, 6) is -0.342. The van der Waals surface area contributed by atoms with Crippen molar-refractivity contribution in [2.75, 3.05) is 0 Å². The largest absolute Gasteiger partial charge is 0.507 e. The van der Waals surface area contributed by atoms with Crippen molar-refractivity contribution in [1.82, 2.24) is 4.98 Å². The van der Waals surface area contributed by atoms with Crippen molar-refractivity contribution in [2.24, 2.45) is 0 Å². The maximum absolute atomic E-state index is 12.9. The van der Waals surface area contributed by atoms with Gasteiger partial charge in [0.1, 0.15) is 16.7 Å². The van der Waals surface area contributed by atoms with E-state index in [1.165, 1.54) is 23.1 Å². The first kappa shape index (κ1) is 20.8. The number of hydrogen-bond donors (Lipinski definition) is 2. The van der Waals surface area contributed by atoms with Gasteiger partial charge in [-0.25, -0.2) is 4.98 Å².